The summed E-state index contributed by atoms with van der Waals surface area (Å²) in [5, 5.41) is 4.21. The summed E-state index contributed by atoms with van der Waals surface area (Å²) in [5.74, 6) is 0.974. The van der Waals surface area contributed by atoms with E-state index in [1.165, 1.54) is 22.4 Å². The molecule has 6 heteroatoms. The summed E-state index contributed by atoms with van der Waals surface area (Å²) < 4.78 is 40.6. The quantitative estimate of drug-likeness (QED) is 0.160. The Morgan fingerprint density at radius 2 is 0.963 bits per heavy atom. The summed E-state index contributed by atoms with van der Waals surface area (Å²) in [4.78, 5) is 9.15. The molecule has 6 heterocycles. The van der Waals surface area contributed by atoms with Gasteiger partial charge in [0.25, 0.3) is 0 Å². The number of aromatic nitrogens is 4. The second-order valence-corrected chi connectivity index (χ2v) is 16.0. The average Bonchev–Trinajstić information content (AvgIpc) is 3.67. The monoisotopic (exact) mass is 721 g/mol. The minimum absolute atomic E-state index is 0.349. The molecule has 0 atom stereocenters. The van der Waals surface area contributed by atoms with Crippen molar-refractivity contribution in [2.45, 2.75) is 82.0 Å². The molecule has 0 aliphatic rings. The van der Waals surface area contributed by atoms with Gasteiger partial charge >= 0.3 is 0 Å². The van der Waals surface area contributed by atoms with E-state index < -0.39 is 6.85 Å². The van der Waals surface area contributed by atoms with Crippen molar-refractivity contribution in [3.63, 3.8) is 0 Å². The smallest absolute Gasteiger partial charge is 0.227 e. The summed E-state index contributed by atoms with van der Waals surface area (Å²) in [6.07, 6.45) is 5.77. The molecule has 6 aromatic heterocycles. The predicted octanol–water partition coefficient (Wildman–Crippen LogP) is 11.2. The highest BCUT2D eigenvalue weighted by molar-refractivity contribution is 6.09. The second kappa shape index (κ2) is 14.5. The summed E-state index contributed by atoms with van der Waals surface area (Å²) in [6.45, 7) is 17.0. The van der Waals surface area contributed by atoms with Gasteiger partial charge in [-0.1, -0.05) is 52.0 Å². The molecule has 0 bridgehead atoms. The first-order chi connectivity index (χ1) is 26.9. The number of fused-ring (bicyclic) bond motifs is 6. The minimum Gasteiger partial charge on any atom is -0.437 e. The Morgan fingerprint density at radius 1 is 0.556 bits per heavy atom. The van der Waals surface area contributed by atoms with Gasteiger partial charge in [-0.3, -0.25) is 0 Å². The van der Waals surface area contributed by atoms with Gasteiger partial charge in [0.2, 0.25) is 22.8 Å². The molecule has 0 amide bonds. The molecule has 8 aromatic rings. The summed E-state index contributed by atoms with van der Waals surface area (Å²) in [5.41, 5.74) is 15.5. The Labute approximate surface area is 323 Å². The first-order valence-corrected chi connectivity index (χ1v) is 19.0. The van der Waals surface area contributed by atoms with Crippen molar-refractivity contribution in [2.24, 2.45) is 25.9 Å². The Kier molecular flexibility index (Phi) is 8.90. The van der Waals surface area contributed by atoms with Gasteiger partial charge in [-0.25, -0.2) is 19.1 Å². The van der Waals surface area contributed by atoms with Crippen LogP contribution in [0.25, 0.3) is 66.7 Å². The predicted molar refractivity (Wildman–Crippen MR) is 222 cm³/mol. The van der Waals surface area contributed by atoms with Gasteiger partial charge in [-0.05, 0) is 113 Å². The highest BCUT2D eigenvalue weighted by Gasteiger charge is 2.24. The Hall–Kier alpha value is -5.36. The summed E-state index contributed by atoms with van der Waals surface area (Å²) >= 11 is 0. The lowest BCUT2D eigenvalue weighted by atomic mass is 9.95. The van der Waals surface area contributed by atoms with Crippen molar-refractivity contribution in [3.05, 3.63) is 118 Å². The fourth-order valence-electron chi connectivity index (χ4n) is 7.74. The van der Waals surface area contributed by atoms with Crippen molar-refractivity contribution < 1.29 is 22.1 Å². The third kappa shape index (κ3) is 6.90. The van der Waals surface area contributed by atoms with Gasteiger partial charge in [-0.2, -0.15) is 0 Å². The van der Waals surface area contributed by atoms with Crippen LogP contribution in [-0.2, 0) is 26.9 Å². The standard InChI is InChI=1S/2C24H27N2O/c2*1-14(2)11-18-12-21(26(6)13-16(18)4)22-15(3)7-9-19-20-10-8-17(5)25-24(20)27-23(19)22/h2*7-10,12-14H,11H2,1-6H3/q2*+1/i4D3;. The lowest BCUT2D eigenvalue weighted by Gasteiger charge is -2.11. The zero-order valence-corrected chi connectivity index (χ0v) is 33.6. The summed E-state index contributed by atoms with van der Waals surface area (Å²) in [6, 6.07) is 21.1. The zero-order chi connectivity index (χ0) is 41.1. The third-order valence-corrected chi connectivity index (χ3v) is 10.4. The maximum absolute atomic E-state index is 7.99. The molecule has 276 valence electrons. The molecule has 0 spiro atoms. The number of rotatable bonds is 6. The lowest BCUT2D eigenvalue weighted by molar-refractivity contribution is -0.660. The van der Waals surface area contributed by atoms with E-state index in [0.29, 0.717) is 35.2 Å². The fraction of sp³-hybridized carbons (Fsp3) is 0.333. The van der Waals surface area contributed by atoms with Gasteiger partial charge in [0.1, 0.15) is 14.1 Å². The second-order valence-electron chi connectivity index (χ2n) is 16.0. The van der Waals surface area contributed by atoms with Gasteiger partial charge < -0.3 is 8.83 Å². The number of benzene rings is 2. The Morgan fingerprint density at radius 3 is 1.39 bits per heavy atom. The number of nitrogens with zero attached hydrogens (tertiary/aromatic N) is 4. The zero-order valence-electron chi connectivity index (χ0n) is 36.6. The first kappa shape index (κ1) is 33.2. The van der Waals surface area contributed by atoms with E-state index in [1.54, 1.807) is 6.20 Å². The number of pyridine rings is 4. The molecule has 0 aliphatic carbocycles. The van der Waals surface area contributed by atoms with Crippen LogP contribution >= 0.6 is 0 Å². The molecule has 0 radical (unpaired) electrons. The molecular weight excluding hydrogens is 665 g/mol. The maximum atomic E-state index is 7.99. The molecule has 0 aliphatic heterocycles. The third-order valence-electron chi connectivity index (χ3n) is 10.4. The van der Waals surface area contributed by atoms with E-state index in [1.807, 2.05) is 49.7 Å². The molecule has 0 saturated carbocycles. The normalized spacial score (nSPS) is 12.9. The van der Waals surface area contributed by atoms with Crippen molar-refractivity contribution in [1.29, 1.82) is 0 Å². The maximum Gasteiger partial charge on any atom is 0.227 e. The molecule has 0 N–H and O–H groups in total. The van der Waals surface area contributed by atoms with E-state index >= 15 is 0 Å². The van der Waals surface area contributed by atoms with Crippen LogP contribution in [0.2, 0.25) is 0 Å². The van der Waals surface area contributed by atoms with Crippen LogP contribution in [0.4, 0.5) is 0 Å². The van der Waals surface area contributed by atoms with E-state index in [4.69, 9.17) is 12.9 Å². The van der Waals surface area contributed by atoms with Crippen LogP contribution in [0, 0.1) is 53.3 Å². The SMILES string of the molecule is Cc1ccc2c(n1)oc1c(-c3cc(CC(C)C)c(C)c[n+]3C)c(C)ccc12.[2H]C([2H])([2H])c1c[n+](C)c(-c2c(C)ccc3c2oc2nc(C)ccc23)cc1CC(C)C. The van der Waals surface area contributed by atoms with E-state index in [-0.39, 0.29) is 0 Å². The van der Waals surface area contributed by atoms with Crippen molar-refractivity contribution in [1.82, 2.24) is 9.97 Å². The van der Waals surface area contributed by atoms with Crippen molar-refractivity contribution in [2.75, 3.05) is 0 Å². The van der Waals surface area contributed by atoms with Crippen LogP contribution in [-0.4, -0.2) is 9.97 Å². The van der Waals surface area contributed by atoms with Crippen molar-refractivity contribution >= 4 is 44.1 Å². The largest absolute Gasteiger partial charge is 0.437 e. The highest BCUT2D eigenvalue weighted by atomic mass is 16.3. The fourth-order valence-corrected chi connectivity index (χ4v) is 7.74. The van der Waals surface area contributed by atoms with E-state index in [9.17, 15) is 0 Å². The molecular formula is C48H54N4O2+2. The topological polar surface area (TPSA) is 59.8 Å². The van der Waals surface area contributed by atoms with Crippen LogP contribution in [0.1, 0.15) is 76.6 Å². The van der Waals surface area contributed by atoms with Crippen molar-refractivity contribution in [3.8, 4) is 22.5 Å². The summed E-state index contributed by atoms with van der Waals surface area (Å²) in [7, 11) is 4.01. The van der Waals surface area contributed by atoms with Gasteiger partial charge in [-0.15, -0.1) is 0 Å². The Balaban J connectivity index is 0.000000175. The van der Waals surface area contributed by atoms with Crippen LogP contribution in [0.5, 0.6) is 0 Å². The molecule has 8 rings (SSSR count). The number of furan rings is 2. The lowest BCUT2D eigenvalue weighted by Crippen LogP contribution is -2.32. The molecule has 2 aromatic carbocycles. The molecule has 54 heavy (non-hydrogen) atoms. The molecule has 0 unspecified atom stereocenters. The van der Waals surface area contributed by atoms with Crippen LogP contribution < -0.4 is 9.13 Å². The van der Waals surface area contributed by atoms with Gasteiger partial charge in [0.15, 0.2) is 23.6 Å². The molecule has 0 saturated heterocycles. The Bertz CT molecular complexity index is 2830. The number of hydrogen-bond donors (Lipinski definition) is 0. The van der Waals surface area contributed by atoms with Crippen LogP contribution in [0.15, 0.2) is 81.9 Å². The highest BCUT2D eigenvalue weighted by Crippen LogP contribution is 2.38. The molecule has 6 nitrogen and oxygen atoms in total. The van der Waals surface area contributed by atoms with E-state index in [0.717, 1.165) is 78.5 Å². The average molecular weight is 722 g/mol. The first-order valence-electron chi connectivity index (χ1n) is 20.5. The number of aryl methyl sites for hydroxylation is 8. The molecule has 0 fully saturated rings. The van der Waals surface area contributed by atoms with Crippen LogP contribution in [0.3, 0.4) is 0 Å². The van der Waals surface area contributed by atoms with Gasteiger partial charge in [0, 0.05) is 60.3 Å². The number of hydrogen-bond acceptors (Lipinski definition) is 4. The minimum atomic E-state index is -2.15. The van der Waals surface area contributed by atoms with E-state index in [2.05, 4.69) is 113 Å². The van der Waals surface area contributed by atoms with Gasteiger partial charge in [0.05, 0.1) is 11.1 Å².